The minimum atomic E-state index is 0.0572. The van der Waals surface area contributed by atoms with E-state index in [-0.39, 0.29) is 5.38 Å². The van der Waals surface area contributed by atoms with Gasteiger partial charge in [-0.05, 0) is 36.5 Å². The maximum absolute atomic E-state index is 6.75. The van der Waals surface area contributed by atoms with Crippen LogP contribution in [0.2, 0.25) is 0 Å². The van der Waals surface area contributed by atoms with Crippen molar-refractivity contribution in [3.8, 4) is 11.5 Å². The van der Waals surface area contributed by atoms with Crippen molar-refractivity contribution in [2.45, 2.75) is 43.9 Å². The summed E-state index contributed by atoms with van der Waals surface area (Å²) in [7, 11) is 0. The van der Waals surface area contributed by atoms with Gasteiger partial charge in [-0.2, -0.15) is 0 Å². The predicted octanol–water partition coefficient (Wildman–Crippen LogP) is 5.47. The summed E-state index contributed by atoms with van der Waals surface area (Å²) >= 11 is 10.4. The molecule has 0 saturated heterocycles. The van der Waals surface area contributed by atoms with Gasteiger partial charge < -0.3 is 9.47 Å². The first-order valence-corrected chi connectivity index (χ1v) is 8.72. The van der Waals surface area contributed by atoms with Crippen LogP contribution in [0, 0.1) is 5.92 Å². The predicted molar refractivity (Wildman–Crippen MR) is 84.9 cm³/mol. The van der Waals surface area contributed by atoms with Crippen LogP contribution in [0.4, 0.5) is 0 Å². The first-order valence-electron chi connectivity index (χ1n) is 7.49. The van der Waals surface area contributed by atoms with Crippen LogP contribution >= 0.6 is 27.5 Å². The molecule has 0 spiro atoms. The van der Waals surface area contributed by atoms with Crippen LogP contribution in [-0.4, -0.2) is 13.2 Å². The molecule has 110 valence electrons. The van der Waals surface area contributed by atoms with Crippen molar-refractivity contribution in [3.05, 3.63) is 22.2 Å². The second-order valence-corrected chi connectivity index (χ2v) is 7.00. The Balaban J connectivity index is 1.86. The van der Waals surface area contributed by atoms with E-state index >= 15 is 0 Å². The first kappa shape index (κ1) is 14.5. The molecular formula is C16H20BrClO2. The van der Waals surface area contributed by atoms with Gasteiger partial charge in [-0.25, -0.2) is 0 Å². The summed E-state index contributed by atoms with van der Waals surface area (Å²) in [5, 5.41) is 0.0572. The van der Waals surface area contributed by atoms with Gasteiger partial charge in [0.1, 0.15) is 0 Å². The van der Waals surface area contributed by atoms with E-state index in [1.54, 1.807) is 0 Å². The zero-order valence-corrected chi connectivity index (χ0v) is 13.9. The van der Waals surface area contributed by atoms with Gasteiger partial charge in [0.25, 0.3) is 0 Å². The fraction of sp³-hybridized carbons (Fsp3) is 0.625. The lowest BCUT2D eigenvalue weighted by Crippen LogP contribution is -2.13. The number of ether oxygens (including phenoxy) is 2. The van der Waals surface area contributed by atoms with Crippen molar-refractivity contribution in [2.24, 2.45) is 5.92 Å². The second-order valence-electron chi connectivity index (χ2n) is 5.67. The second kappa shape index (κ2) is 6.57. The van der Waals surface area contributed by atoms with Crippen LogP contribution in [-0.2, 0) is 0 Å². The summed E-state index contributed by atoms with van der Waals surface area (Å²) in [6.07, 6.45) is 7.34. The first-order chi connectivity index (χ1) is 9.75. The lowest BCUT2D eigenvalue weighted by Gasteiger charge is -2.27. The molecule has 1 heterocycles. The Morgan fingerprint density at radius 2 is 1.65 bits per heavy atom. The van der Waals surface area contributed by atoms with Gasteiger partial charge in [-0.15, -0.1) is 11.6 Å². The quantitative estimate of drug-likeness (QED) is 0.652. The highest BCUT2D eigenvalue weighted by atomic mass is 79.9. The van der Waals surface area contributed by atoms with E-state index in [2.05, 4.69) is 22.0 Å². The summed E-state index contributed by atoms with van der Waals surface area (Å²) in [6.45, 7) is 1.43. The Labute approximate surface area is 133 Å². The summed E-state index contributed by atoms with van der Waals surface area (Å²) in [6, 6.07) is 4.07. The summed E-state index contributed by atoms with van der Waals surface area (Å²) in [5.74, 6) is 2.24. The fourth-order valence-electron chi connectivity index (χ4n) is 3.09. The largest absolute Gasteiger partial charge is 0.490 e. The number of alkyl halides is 1. The van der Waals surface area contributed by atoms with E-state index in [0.717, 1.165) is 28.0 Å². The summed E-state index contributed by atoms with van der Waals surface area (Å²) < 4.78 is 12.5. The molecular weight excluding hydrogens is 340 g/mol. The van der Waals surface area contributed by atoms with Crippen LogP contribution in [0.15, 0.2) is 16.6 Å². The smallest absolute Gasteiger partial charge is 0.162 e. The average Bonchev–Trinajstić information content (AvgIpc) is 2.71. The molecule has 0 bridgehead atoms. The Kier molecular flexibility index (Phi) is 4.77. The molecule has 0 amide bonds. The van der Waals surface area contributed by atoms with Crippen molar-refractivity contribution in [2.75, 3.05) is 13.2 Å². The number of rotatable bonds is 2. The van der Waals surface area contributed by atoms with Crippen LogP contribution in [0.25, 0.3) is 0 Å². The lowest BCUT2D eigenvalue weighted by atomic mass is 9.84. The topological polar surface area (TPSA) is 18.5 Å². The molecule has 1 unspecified atom stereocenters. The van der Waals surface area contributed by atoms with Crippen LogP contribution in [0.1, 0.15) is 49.5 Å². The Bertz CT molecular complexity index is 472. The number of hydrogen-bond acceptors (Lipinski definition) is 2. The highest BCUT2D eigenvalue weighted by Crippen LogP contribution is 2.45. The highest BCUT2D eigenvalue weighted by molar-refractivity contribution is 9.10. The molecule has 0 N–H and O–H groups in total. The monoisotopic (exact) mass is 358 g/mol. The van der Waals surface area contributed by atoms with Crippen LogP contribution in [0.3, 0.4) is 0 Å². The van der Waals surface area contributed by atoms with Crippen molar-refractivity contribution in [1.29, 1.82) is 0 Å². The lowest BCUT2D eigenvalue weighted by molar-refractivity contribution is 0.296. The molecule has 1 fully saturated rings. The van der Waals surface area contributed by atoms with Crippen molar-refractivity contribution in [1.82, 2.24) is 0 Å². The normalized spacial score (nSPS) is 21.3. The SMILES string of the molecule is ClC(c1cc2c(cc1Br)OCCCO2)C1CCCCC1. The number of fused-ring (bicyclic) bond motifs is 1. The Hall–Kier alpha value is -0.410. The molecule has 20 heavy (non-hydrogen) atoms. The van der Waals surface area contributed by atoms with Crippen LogP contribution in [0.5, 0.6) is 11.5 Å². The molecule has 0 radical (unpaired) electrons. The van der Waals surface area contributed by atoms with Gasteiger partial charge in [0.15, 0.2) is 11.5 Å². The van der Waals surface area contributed by atoms with E-state index in [4.69, 9.17) is 21.1 Å². The van der Waals surface area contributed by atoms with Crippen molar-refractivity contribution in [3.63, 3.8) is 0 Å². The summed E-state index contributed by atoms with van der Waals surface area (Å²) in [5.41, 5.74) is 1.14. The fourth-order valence-corrected chi connectivity index (χ4v) is 4.23. The van der Waals surface area contributed by atoms with Gasteiger partial charge in [0.2, 0.25) is 0 Å². The van der Waals surface area contributed by atoms with Gasteiger partial charge in [-0.3, -0.25) is 0 Å². The molecule has 0 aromatic heterocycles. The molecule has 3 rings (SSSR count). The molecule has 1 saturated carbocycles. The summed E-state index contributed by atoms with van der Waals surface area (Å²) in [4.78, 5) is 0. The number of benzene rings is 1. The molecule has 1 atom stereocenters. The zero-order valence-electron chi connectivity index (χ0n) is 11.5. The van der Waals surface area contributed by atoms with Crippen molar-refractivity contribution >= 4 is 27.5 Å². The minimum absolute atomic E-state index is 0.0572. The third-order valence-electron chi connectivity index (χ3n) is 4.23. The van der Waals surface area contributed by atoms with E-state index in [9.17, 15) is 0 Å². The molecule has 1 aromatic rings. The van der Waals surface area contributed by atoms with Gasteiger partial charge in [0.05, 0.1) is 18.6 Å². The van der Waals surface area contributed by atoms with Gasteiger partial charge >= 0.3 is 0 Å². The van der Waals surface area contributed by atoms with E-state index in [0.29, 0.717) is 19.1 Å². The van der Waals surface area contributed by atoms with E-state index in [1.807, 2.05) is 6.07 Å². The molecule has 4 heteroatoms. The number of hydrogen-bond donors (Lipinski definition) is 0. The van der Waals surface area contributed by atoms with Gasteiger partial charge in [0, 0.05) is 10.9 Å². The third kappa shape index (κ3) is 3.09. The van der Waals surface area contributed by atoms with E-state index in [1.165, 1.54) is 32.1 Å². The molecule has 1 aromatic carbocycles. The van der Waals surface area contributed by atoms with Gasteiger partial charge in [-0.1, -0.05) is 35.2 Å². The third-order valence-corrected chi connectivity index (χ3v) is 5.51. The molecule has 1 aliphatic carbocycles. The average molecular weight is 360 g/mol. The Morgan fingerprint density at radius 1 is 1.00 bits per heavy atom. The number of halogens is 2. The standard InChI is InChI=1S/C16H20BrClO2/c17-13-10-15-14(19-7-4-8-20-15)9-12(13)16(18)11-5-2-1-3-6-11/h9-11,16H,1-8H2. The zero-order chi connectivity index (χ0) is 13.9. The van der Waals surface area contributed by atoms with Crippen molar-refractivity contribution < 1.29 is 9.47 Å². The minimum Gasteiger partial charge on any atom is -0.490 e. The molecule has 2 nitrogen and oxygen atoms in total. The molecule has 2 aliphatic rings. The van der Waals surface area contributed by atoms with Crippen LogP contribution < -0.4 is 9.47 Å². The van der Waals surface area contributed by atoms with E-state index < -0.39 is 0 Å². The molecule has 1 aliphatic heterocycles. The maximum Gasteiger partial charge on any atom is 0.162 e. The highest BCUT2D eigenvalue weighted by Gasteiger charge is 2.26. The maximum atomic E-state index is 6.75. The Morgan fingerprint density at radius 3 is 2.35 bits per heavy atom.